The normalized spacial score (nSPS) is 12.9. The SMILES string of the molecule is CC(C)C(=O)Nc1cc(SC(C)C(=O)OC(C)(C)C)c(Br)cc1F. The number of hydrogen-bond acceptors (Lipinski definition) is 4. The molecule has 0 radical (unpaired) electrons. The van der Waals surface area contributed by atoms with E-state index in [4.69, 9.17) is 4.74 Å². The van der Waals surface area contributed by atoms with Gasteiger partial charge in [0, 0.05) is 15.3 Å². The van der Waals surface area contributed by atoms with Gasteiger partial charge in [0.25, 0.3) is 0 Å². The van der Waals surface area contributed by atoms with Gasteiger partial charge in [0.1, 0.15) is 16.7 Å². The molecule has 1 N–H and O–H groups in total. The van der Waals surface area contributed by atoms with Crippen LogP contribution in [0.1, 0.15) is 41.5 Å². The standard InChI is InChI=1S/C17H23BrFNO3S/c1-9(2)15(21)20-13-8-14(11(18)7-12(13)19)24-10(3)16(22)23-17(4,5)6/h7-10H,1-6H3,(H,20,21). The topological polar surface area (TPSA) is 55.4 Å². The molecule has 0 fully saturated rings. The van der Waals surface area contributed by atoms with E-state index in [-0.39, 0.29) is 23.5 Å². The molecule has 1 aromatic carbocycles. The van der Waals surface area contributed by atoms with Gasteiger partial charge < -0.3 is 10.1 Å². The van der Waals surface area contributed by atoms with Gasteiger partial charge in [0.05, 0.1) is 5.69 Å². The van der Waals surface area contributed by atoms with Crippen molar-refractivity contribution in [2.24, 2.45) is 5.92 Å². The number of nitrogens with one attached hydrogen (secondary N) is 1. The minimum absolute atomic E-state index is 0.0933. The van der Waals surface area contributed by atoms with Crippen molar-refractivity contribution in [2.75, 3.05) is 5.32 Å². The Morgan fingerprint density at radius 2 is 1.83 bits per heavy atom. The Hall–Kier alpha value is -1.08. The molecule has 1 atom stereocenters. The number of benzene rings is 1. The fourth-order valence-electron chi connectivity index (χ4n) is 1.62. The van der Waals surface area contributed by atoms with E-state index in [1.165, 1.54) is 23.9 Å². The smallest absolute Gasteiger partial charge is 0.319 e. The molecule has 1 rings (SSSR count). The maximum Gasteiger partial charge on any atom is 0.319 e. The summed E-state index contributed by atoms with van der Waals surface area (Å²) in [5.41, 5.74) is -0.474. The van der Waals surface area contributed by atoms with Crippen molar-refractivity contribution >= 4 is 45.3 Å². The number of thioether (sulfide) groups is 1. The first kappa shape index (κ1) is 21.0. The molecule has 0 aliphatic heterocycles. The highest BCUT2D eigenvalue weighted by molar-refractivity contribution is 9.10. The average Bonchev–Trinajstić information content (AvgIpc) is 2.41. The maximum atomic E-state index is 14.0. The van der Waals surface area contributed by atoms with Gasteiger partial charge in [0.2, 0.25) is 5.91 Å². The van der Waals surface area contributed by atoms with E-state index < -0.39 is 16.7 Å². The van der Waals surface area contributed by atoms with Gasteiger partial charge in [-0.2, -0.15) is 0 Å². The molecule has 1 amide bonds. The molecule has 0 saturated heterocycles. The van der Waals surface area contributed by atoms with Crippen molar-refractivity contribution in [2.45, 2.75) is 57.3 Å². The van der Waals surface area contributed by atoms with Crippen LogP contribution in [0.2, 0.25) is 0 Å². The van der Waals surface area contributed by atoms with Crippen molar-refractivity contribution in [3.8, 4) is 0 Å². The van der Waals surface area contributed by atoms with Crippen molar-refractivity contribution in [1.82, 2.24) is 0 Å². The molecule has 134 valence electrons. The molecule has 7 heteroatoms. The van der Waals surface area contributed by atoms with Crippen LogP contribution in [0.15, 0.2) is 21.5 Å². The van der Waals surface area contributed by atoms with Gasteiger partial charge in [-0.3, -0.25) is 9.59 Å². The van der Waals surface area contributed by atoms with Gasteiger partial charge in [-0.15, -0.1) is 11.8 Å². The number of carbonyl (C=O) groups excluding carboxylic acids is 2. The number of rotatable bonds is 5. The lowest BCUT2D eigenvalue weighted by Crippen LogP contribution is -2.28. The summed E-state index contributed by atoms with van der Waals surface area (Å²) in [7, 11) is 0. The first-order valence-corrected chi connectivity index (χ1v) is 9.27. The Bertz CT molecular complexity index is 629. The Morgan fingerprint density at radius 1 is 1.25 bits per heavy atom. The number of anilines is 1. The van der Waals surface area contributed by atoms with E-state index in [0.717, 1.165) is 0 Å². The van der Waals surface area contributed by atoms with Gasteiger partial charge in [-0.05, 0) is 55.8 Å². The van der Waals surface area contributed by atoms with Crippen LogP contribution in [0.5, 0.6) is 0 Å². The van der Waals surface area contributed by atoms with Crippen LogP contribution in [-0.2, 0) is 14.3 Å². The summed E-state index contributed by atoms with van der Waals surface area (Å²) in [6.45, 7) is 10.6. The monoisotopic (exact) mass is 419 g/mol. The Morgan fingerprint density at radius 3 is 2.33 bits per heavy atom. The maximum absolute atomic E-state index is 14.0. The number of hydrogen-bond donors (Lipinski definition) is 1. The third kappa shape index (κ3) is 6.43. The molecule has 0 aromatic heterocycles. The van der Waals surface area contributed by atoms with E-state index in [0.29, 0.717) is 9.37 Å². The summed E-state index contributed by atoms with van der Waals surface area (Å²) in [4.78, 5) is 24.5. The predicted molar refractivity (Wildman–Crippen MR) is 98.7 cm³/mol. The highest BCUT2D eigenvalue weighted by atomic mass is 79.9. The Labute approximate surface area is 155 Å². The van der Waals surface area contributed by atoms with Crippen LogP contribution >= 0.6 is 27.7 Å². The number of ether oxygens (including phenoxy) is 1. The zero-order chi connectivity index (χ0) is 18.7. The zero-order valence-electron chi connectivity index (χ0n) is 14.7. The molecule has 0 aliphatic carbocycles. The second-order valence-electron chi connectivity index (χ2n) is 6.70. The number of halogens is 2. The number of esters is 1. The third-order valence-electron chi connectivity index (χ3n) is 2.85. The third-order valence-corrected chi connectivity index (χ3v) is 4.90. The number of carbonyl (C=O) groups is 2. The summed E-state index contributed by atoms with van der Waals surface area (Å²) < 4.78 is 19.9. The van der Waals surface area contributed by atoms with Crippen LogP contribution in [0.3, 0.4) is 0 Å². The minimum Gasteiger partial charge on any atom is -0.459 e. The van der Waals surface area contributed by atoms with Gasteiger partial charge in [-0.1, -0.05) is 13.8 Å². The summed E-state index contributed by atoms with van der Waals surface area (Å²) >= 11 is 4.53. The lowest BCUT2D eigenvalue weighted by atomic mass is 10.2. The first-order valence-electron chi connectivity index (χ1n) is 7.60. The van der Waals surface area contributed by atoms with Crippen LogP contribution in [0.4, 0.5) is 10.1 Å². The van der Waals surface area contributed by atoms with Crippen LogP contribution in [-0.4, -0.2) is 22.7 Å². The largest absolute Gasteiger partial charge is 0.459 e. The highest BCUT2D eigenvalue weighted by Crippen LogP contribution is 2.35. The lowest BCUT2D eigenvalue weighted by Gasteiger charge is -2.22. The highest BCUT2D eigenvalue weighted by Gasteiger charge is 2.24. The second-order valence-corrected chi connectivity index (χ2v) is 8.94. The molecule has 4 nitrogen and oxygen atoms in total. The molecule has 0 bridgehead atoms. The molecule has 0 spiro atoms. The van der Waals surface area contributed by atoms with Crippen LogP contribution < -0.4 is 5.32 Å². The van der Waals surface area contributed by atoms with Gasteiger partial charge in [0.15, 0.2) is 0 Å². The van der Waals surface area contributed by atoms with Crippen molar-refractivity contribution in [1.29, 1.82) is 0 Å². The quantitative estimate of drug-likeness (QED) is 0.538. The van der Waals surface area contributed by atoms with Gasteiger partial charge >= 0.3 is 5.97 Å². The fourth-order valence-corrected chi connectivity index (χ4v) is 3.09. The molecule has 0 aliphatic rings. The van der Waals surface area contributed by atoms with Crippen LogP contribution in [0, 0.1) is 11.7 Å². The number of amides is 1. The predicted octanol–water partition coefficient (Wildman–Crippen LogP) is 5.01. The van der Waals surface area contributed by atoms with Crippen molar-refractivity contribution in [3.05, 3.63) is 22.4 Å². The zero-order valence-corrected chi connectivity index (χ0v) is 17.1. The van der Waals surface area contributed by atoms with Gasteiger partial charge in [-0.25, -0.2) is 4.39 Å². The molecule has 1 aromatic rings. The average molecular weight is 420 g/mol. The molecule has 24 heavy (non-hydrogen) atoms. The first-order chi connectivity index (χ1) is 10.9. The minimum atomic E-state index is -0.567. The molecule has 0 saturated carbocycles. The Balaban J connectivity index is 2.95. The van der Waals surface area contributed by atoms with E-state index >= 15 is 0 Å². The fraction of sp³-hybridized carbons (Fsp3) is 0.529. The summed E-state index contributed by atoms with van der Waals surface area (Å²) in [5.74, 6) is -1.42. The van der Waals surface area contributed by atoms with Crippen LogP contribution in [0.25, 0.3) is 0 Å². The van der Waals surface area contributed by atoms with E-state index in [1.54, 1.807) is 41.5 Å². The molecule has 0 heterocycles. The second kappa shape index (κ2) is 8.34. The lowest BCUT2D eigenvalue weighted by molar-refractivity contribution is -0.153. The van der Waals surface area contributed by atoms with E-state index in [1.807, 2.05) is 0 Å². The summed E-state index contributed by atoms with van der Waals surface area (Å²) in [5, 5.41) is 2.08. The molecular formula is C17H23BrFNO3S. The van der Waals surface area contributed by atoms with Crippen molar-refractivity contribution in [3.63, 3.8) is 0 Å². The summed E-state index contributed by atoms with van der Waals surface area (Å²) in [6, 6.07) is 2.80. The summed E-state index contributed by atoms with van der Waals surface area (Å²) in [6.07, 6.45) is 0. The molecular weight excluding hydrogens is 397 g/mol. The van der Waals surface area contributed by atoms with E-state index in [9.17, 15) is 14.0 Å². The van der Waals surface area contributed by atoms with Crippen molar-refractivity contribution < 1.29 is 18.7 Å². The molecule has 1 unspecified atom stereocenters. The Kier molecular flexibility index (Phi) is 7.28. The van der Waals surface area contributed by atoms with E-state index in [2.05, 4.69) is 21.2 Å².